The smallest absolute Gasteiger partial charge is 0.261 e. The molecule has 1 N–H and O–H groups in total. The molecule has 0 spiro atoms. The summed E-state index contributed by atoms with van der Waals surface area (Å²) in [5.41, 5.74) is 2.97. The lowest BCUT2D eigenvalue weighted by atomic mass is 9.98. The van der Waals surface area contributed by atoms with Gasteiger partial charge in [0, 0.05) is 24.3 Å². The number of amides is 1. The number of anilines is 1. The van der Waals surface area contributed by atoms with Crippen LogP contribution >= 0.6 is 0 Å². The van der Waals surface area contributed by atoms with Gasteiger partial charge in [-0.1, -0.05) is 0 Å². The third-order valence-corrected chi connectivity index (χ3v) is 7.23. The minimum atomic E-state index is -3.80. The van der Waals surface area contributed by atoms with Crippen molar-refractivity contribution >= 4 is 21.6 Å². The minimum Gasteiger partial charge on any atom is -0.494 e. The molecule has 0 aromatic heterocycles. The summed E-state index contributed by atoms with van der Waals surface area (Å²) >= 11 is 0. The van der Waals surface area contributed by atoms with Crippen molar-refractivity contribution in [3.63, 3.8) is 0 Å². The van der Waals surface area contributed by atoms with Crippen molar-refractivity contribution in [1.29, 1.82) is 0 Å². The summed E-state index contributed by atoms with van der Waals surface area (Å²) in [6, 6.07) is 16.5. The number of sulfonamides is 1. The molecule has 0 fully saturated rings. The Kier molecular flexibility index (Phi) is 7.16. The first-order valence-electron chi connectivity index (χ1n) is 11.2. The van der Waals surface area contributed by atoms with E-state index in [9.17, 15) is 13.2 Å². The number of nitrogens with zero attached hydrogens (tertiary/aromatic N) is 1. The van der Waals surface area contributed by atoms with E-state index in [-0.39, 0.29) is 10.8 Å². The molecule has 0 radical (unpaired) electrons. The van der Waals surface area contributed by atoms with Crippen molar-refractivity contribution in [2.75, 3.05) is 32.1 Å². The number of hydrogen-bond donors (Lipinski definition) is 1. The molecule has 4 rings (SSSR count). The number of fused-ring (bicyclic) bond motifs is 1. The van der Waals surface area contributed by atoms with Crippen molar-refractivity contribution in [2.24, 2.45) is 0 Å². The molecule has 0 atom stereocenters. The van der Waals surface area contributed by atoms with Crippen LogP contribution in [0.3, 0.4) is 0 Å². The van der Waals surface area contributed by atoms with Crippen LogP contribution in [0.2, 0.25) is 0 Å². The second-order valence-corrected chi connectivity index (χ2v) is 9.72. The number of carbonyl (C=O) groups is 1. The Morgan fingerprint density at radius 2 is 1.57 bits per heavy atom. The molecule has 0 unspecified atom stereocenters. The van der Waals surface area contributed by atoms with E-state index >= 15 is 0 Å². The van der Waals surface area contributed by atoms with Gasteiger partial charge in [0.15, 0.2) is 11.5 Å². The predicted octanol–water partition coefficient (Wildman–Crippen LogP) is 4.10. The number of carbonyl (C=O) groups excluding carboxylic acids is 1. The summed E-state index contributed by atoms with van der Waals surface area (Å²) in [6.07, 6.45) is 0.694. The van der Waals surface area contributed by atoms with Gasteiger partial charge in [-0.25, -0.2) is 8.42 Å². The Hall–Kier alpha value is -3.72. The zero-order chi connectivity index (χ0) is 25.0. The number of methoxy groups -OCH3 is 2. The van der Waals surface area contributed by atoms with Gasteiger partial charge in [-0.3, -0.25) is 9.52 Å². The summed E-state index contributed by atoms with van der Waals surface area (Å²) in [5, 5.41) is 0. The zero-order valence-electron chi connectivity index (χ0n) is 19.9. The normalized spacial score (nSPS) is 13.1. The quantitative estimate of drug-likeness (QED) is 0.505. The molecule has 0 bridgehead atoms. The lowest BCUT2D eigenvalue weighted by Crippen LogP contribution is -2.36. The number of nitrogens with one attached hydrogen (secondary N) is 1. The summed E-state index contributed by atoms with van der Waals surface area (Å²) in [6.45, 7) is 3.40. The second-order valence-electron chi connectivity index (χ2n) is 8.04. The molecule has 35 heavy (non-hydrogen) atoms. The first-order chi connectivity index (χ1) is 16.8. The van der Waals surface area contributed by atoms with Crippen molar-refractivity contribution in [3.8, 4) is 17.2 Å². The Morgan fingerprint density at radius 1 is 0.943 bits per heavy atom. The first-order valence-corrected chi connectivity index (χ1v) is 12.7. The molecule has 1 aliphatic heterocycles. The van der Waals surface area contributed by atoms with E-state index in [0.29, 0.717) is 54.6 Å². The van der Waals surface area contributed by atoms with Crippen LogP contribution in [0.1, 0.15) is 28.4 Å². The largest absolute Gasteiger partial charge is 0.494 e. The van der Waals surface area contributed by atoms with Crippen LogP contribution in [0, 0.1) is 0 Å². The lowest BCUT2D eigenvalue weighted by Gasteiger charge is -2.29. The van der Waals surface area contributed by atoms with Crippen molar-refractivity contribution in [3.05, 3.63) is 77.4 Å². The molecule has 1 aliphatic rings. The number of hydrogen-bond acceptors (Lipinski definition) is 6. The van der Waals surface area contributed by atoms with Gasteiger partial charge in [-0.15, -0.1) is 0 Å². The maximum Gasteiger partial charge on any atom is 0.261 e. The van der Waals surface area contributed by atoms with Crippen LogP contribution in [0.4, 0.5) is 5.69 Å². The molecule has 184 valence electrons. The highest BCUT2D eigenvalue weighted by Gasteiger charge is 2.24. The SMILES string of the molecule is CCOc1ccc(NS(=O)(=O)c2ccc(C(=O)N3CCc4cc(OC)c(OC)cc4C3)cc2)cc1. The standard InChI is InChI=1S/C26H28N2O6S/c1-4-34-22-9-7-21(8-10-22)27-35(30,31)23-11-5-18(6-12-23)26(29)28-14-13-19-15-24(32-2)25(33-3)16-20(19)17-28/h5-12,15-16,27H,4,13-14,17H2,1-3H3. The van der Waals surface area contributed by atoms with Crippen LogP contribution in [-0.2, 0) is 23.0 Å². The molecule has 8 nitrogen and oxygen atoms in total. The predicted molar refractivity (Wildman–Crippen MR) is 133 cm³/mol. The van der Waals surface area contributed by atoms with E-state index in [2.05, 4.69) is 4.72 Å². The van der Waals surface area contributed by atoms with Gasteiger partial charge in [0.25, 0.3) is 15.9 Å². The second kappa shape index (κ2) is 10.3. The van der Waals surface area contributed by atoms with Gasteiger partial charge in [-0.2, -0.15) is 0 Å². The molecule has 1 amide bonds. The molecule has 0 saturated heterocycles. The maximum absolute atomic E-state index is 13.1. The van der Waals surface area contributed by atoms with E-state index in [1.54, 1.807) is 55.5 Å². The molecule has 3 aromatic carbocycles. The van der Waals surface area contributed by atoms with Crippen LogP contribution in [0.25, 0.3) is 0 Å². The number of benzene rings is 3. The van der Waals surface area contributed by atoms with Gasteiger partial charge in [0.1, 0.15) is 5.75 Å². The summed E-state index contributed by atoms with van der Waals surface area (Å²) in [7, 11) is -0.624. The van der Waals surface area contributed by atoms with Gasteiger partial charge < -0.3 is 19.1 Å². The van der Waals surface area contributed by atoms with Crippen molar-refractivity contribution in [2.45, 2.75) is 24.8 Å². The molecular formula is C26H28N2O6S. The fourth-order valence-electron chi connectivity index (χ4n) is 4.02. The molecule has 1 heterocycles. The minimum absolute atomic E-state index is 0.0729. The third kappa shape index (κ3) is 5.35. The molecule has 9 heteroatoms. The summed E-state index contributed by atoms with van der Waals surface area (Å²) in [4.78, 5) is 14.9. The van der Waals surface area contributed by atoms with Crippen LogP contribution in [-0.4, -0.2) is 46.6 Å². The number of ether oxygens (including phenoxy) is 3. The monoisotopic (exact) mass is 496 g/mol. The zero-order valence-corrected chi connectivity index (χ0v) is 20.7. The van der Waals surface area contributed by atoms with Crippen LogP contribution < -0.4 is 18.9 Å². The van der Waals surface area contributed by atoms with Gasteiger partial charge in [0.05, 0.1) is 25.7 Å². The van der Waals surface area contributed by atoms with Gasteiger partial charge in [-0.05, 0) is 85.1 Å². The summed E-state index contributed by atoms with van der Waals surface area (Å²) in [5.74, 6) is 1.79. The molecule has 0 aliphatic carbocycles. The fraction of sp³-hybridized carbons (Fsp3) is 0.269. The number of rotatable bonds is 8. The summed E-state index contributed by atoms with van der Waals surface area (Å²) < 4.78 is 44.3. The third-order valence-electron chi connectivity index (χ3n) is 5.83. The first kappa shape index (κ1) is 24.4. The molecule has 0 saturated carbocycles. The Bertz CT molecular complexity index is 1300. The van der Waals surface area contributed by atoms with Crippen molar-refractivity contribution in [1.82, 2.24) is 4.90 Å². The van der Waals surface area contributed by atoms with E-state index < -0.39 is 10.0 Å². The highest BCUT2D eigenvalue weighted by Crippen LogP contribution is 2.33. The van der Waals surface area contributed by atoms with E-state index in [4.69, 9.17) is 14.2 Å². The maximum atomic E-state index is 13.1. The highest BCUT2D eigenvalue weighted by molar-refractivity contribution is 7.92. The Balaban J connectivity index is 1.46. The average Bonchev–Trinajstić information content (AvgIpc) is 2.88. The van der Waals surface area contributed by atoms with Crippen LogP contribution in [0.15, 0.2) is 65.6 Å². The molecule has 3 aromatic rings. The lowest BCUT2D eigenvalue weighted by molar-refractivity contribution is 0.0734. The fourth-order valence-corrected chi connectivity index (χ4v) is 5.07. The van der Waals surface area contributed by atoms with Crippen molar-refractivity contribution < 1.29 is 27.4 Å². The van der Waals surface area contributed by atoms with E-state index in [1.807, 2.05) is 19.1 Å². The Morgan fingerprint density at radius 3 is 2.17 bits per heavy atom. The van der Waals surface area contributed by atoms with E-state index in [1.165, 1.54) is 12.1 Å². The average molecular weight is 497 g/mol. The van der Waals surface area contributed by atoms with E-state index in [0.717, 1.165) is 11.1 Å². The molecular weight excluding hydrogens is 468 g/mol. The van der Waals surface area contributed by atoms with Gasteiger partial charge >= 0.3 is 0 Å². The van der Waals surface area contributed by atoms with Crippen LogP contribution in [0.5, 0.6) is 17.2 Å². The highest BCUT2D eigenvalue weighted by atomic mass is 32.2. The topological polar surface area (TPSA) is 94.2 Å². The Labute approximate surface area is 205 Å². The van der Waals surface area contributed by atoms with Gasteiger partial charge in [0.2, 0.25) is 0 Å².